The van der Waals surface area contributed by atoms with Gasteiger partial charge in [-0.25, -0.2) is 0 Å². The summed E-state index contributed by atoms with van der Waals surface area (Å²) in [5, 5.41) is 17.0. The minimum Gasteiger partial charge on any atom is -0.407 e. The zero-order valence-electron chi connectivity index (χ0n) is 10.0. The van der Waals surface area contributed by atoms with Crippen LogP contribution in [0.3, 0.4) is 0 Å². The van der Waals surface area contributed by atoms with Crippen LogP contribution in [-0.2, 0) is 6.54 Å². The van der Waals surface area contributed by atoms with E-state index < -0.39 is 0 Å². The van der Waals surface area contributed by atoms with Crippen LogP contribution < -0.4 is 10.6 Å². The first-order chi connectivity index (χ1) is 8.35. The lowest BCUT2D eigenvalue weighted by Crippen LogP contribution is -2.39. The van der Waals surface area contributed by atoms with Crippen LogP contribution in [-0.4, -0.2) is 34.5 Å². The van der Waals surface area contributed by atoms with Crippen LogP contribution in [0.25, 0.3) is 0 Å². The Morgan fingerprint density at radius 2 is 2.06 bits per heavy atom. The molecule has 0 atom stereocenters. The molecule has 0 aromatic carbocycles. The van der Waals surface area contributed by atoms with E-state index in [2.05, 4.69) is 10.2 Å². The van der Waals surface area contributed by atoms with Gasteiger partial charge in [-0.15, -0.1) is 5.10 Å². The topological polar surface area (TPSA) is 88.4 Å². The fraction of sp³-hybridized carbons (Fsp3) is 0.818. The van der Waals surface area contributed by atoms with Crippen molar-refractivity contribution in [3.05, 3.63) is 5.89 Å². The molecule has 0 spiro atoms. The summed E-state index contributed by atoms with van der Waals surface area (Å²) in [6.45, 7) is 0.887. The molecule has 96 valence electrons. The van der Waals surface area contributed by atoms with E-state index in [-0.39, 0.29) is 13.2 Å². The molecule has 6 nitrogen and oxygen atoms in total. The van der Waals surface area contributed by atoms with Crippen molar-refractivity contribution < 1.29 is 9.52 Å². The highest BCUT2D eigenvalue weighted by Crippen LogP contribution is 2.26. The molecule has 0 bridgehead atoms. The Balaban J connectivity index is 2.09. The molecule has 17 heavy (non-hydrogen) atoms. The minimum absolute atomic E-state index is 0.0941. The van der Waals surface area contributed by atoms with Gasteiger partial charge in [0.2, 0.25) is 5.89 Å². The quantitative estimate of drug-likeness (QED) is 0.786. The van der Waals surface area contributed by atoms with Gasteiger partial charge < -0.3 is 20.2 Å². The molecule has 1 saturated carbocycles. The predicted octanol–water partition coefficient (Wildman–Crippen LogP) is 0.660. The van der Waals surface area contributed by atoms with E-state index in [0.29, 0.717) is 24.5 Å². The van der Waals surface area contributed by atoms with E-state index in [1.165, 1.54) is 19.3 Å². The molecule has 1 aromatic heterocycles. The highest BCUT2D eigenvalue weighted by Gasteiger charge is 2.24. The van der Waals surface area contributed by atoms with Gasteiger partial charge in [-0.2, -0.15) is 0 Å². The zero-order valence-corrected chi connectivity index (χ0v) is 10.0. The Hall–Kier alpha value is -1.14. The van der Waals surface area contributed by atoms with Crippen LogP contribution >= 0.6 is 0 Å². The van der Waals surface area contributed by atoms with Gasteiger partial charge in [0.15, 0.2) is 0 Å². The molecule has 0 unspecified atom stereocenters. The summed E-state index contributed by atoms with van der Waals surface area (Å²) in [5.74, 6) is 0.443. The lowest BCUT2D eigenvalue weighted by molar-refractivity contribution is 0.283. The molecular formula is C11H20N4O2. The van der Waals surface area contributed by atoms with Crippen LogP contribution in [0.5, 0.6) is 0 Å². The highest BCUT2D eigenvalue weighted by atomic mass is 16.4. The molecule has 3 N–H and O–H groups in total. The molecule has 0 amide bonds. The molecule has 1 aliphatic rings. The van der Waals surface area contributed by atoms with Crippen molar-refractivity contribution in [1.82, 2.24) is 10.2 Å². The van der Waals surface area contributed by atoms with Gasteiger partial charge >= 0.3 is 6.01 Å². The summed E-state index contributed by atoms with van der Waals surface area (Å²) in [6, 6.07) is 0.897. The maximum Gasteiger partial charge on any atom is 0.318 e. The Morgan fingerprint density at radius 3 is 2.65 bits per heavy atom. The van der Waals surface area contributed by atoms with Gasteiger partial charge in [0.1, 0.15) is 0 Å². The van der Waals surface area contributed by atoms with Gasteiger partial charge in [0, 0.05) is 12.6 Å². The molecule has 0 aliphatic heterocycles. The van der Waals surface area contributed by atoms with Crippen molar-refractivity contribution >= 4 is 6.01 Å². The average Bonchev–Trinajstić information content (AvgIpc) is 2.85. The third-order valence-electron chi connectivity index (χ3n) is 3.23. The van der Waals surface area contributed by atoms with Crippen molar-refractivity contribution in [2.24, 2.45) is 5.73 Å². The third-order valence-corrected chi connectivity index (χ3v) is 3.23. The van der Waals surface area contributed by atoms with Gasteiger partial charge in [-0.1, -0.05) is 24.4 Å². The number of rotatable bonds is 5. The number of aliphatic hydroxyl groups excluding tert-OH is 1. The van der Waals surface area contributed by atoms with Crippen LogP contribution in [0.1, 0.15) is 38.0 Å². The molecule has 2 rings (SSSR count). The van der Waals surface area contributed by atoms with E-state index in [9.17, 15) is 0 Å². The average molecular weight is 240 g/mol. The Labute approximate surface area is 101 Å². The van der Waals surface area contributed by atoms with E-state index >= 15 is 0 Å². The first kappa shape index (κ1) is 12.3. The van der Waals surface area contributed by atoms with Crippen LogP contribution in [0.4, 0.5) is 6.01 Å². The first-order valence-electron chi connectivity index (χ1n) is 6.25. The van der Waals surface area contributed by atoms with E-state index in [1.54, 1.807) is 0 Å². The van der Waals surface area contributed by atoms with E-state index in [1.807, 2.05) is 4.90 Å². The second kappa shape index (κ2) is 5.97. The molecule has 6 heteroatoms. The predicted molar refractivity (Wildman–Crippen MR) is 63.5 cm³/mol. The minimum atomic E-state index is 0.0941. The van der Waals surface area contributed by atoms with Crippen molar-refractivity contribution in [2.45, 2.75) is 44.7 Å². The lowest BCUT2D eigenvalue weighted by Gasteiger charge is -2.32. The number of hydrogen-bond donors (Lipinski definition) is 2. The molecule has 1 aliphatic carbocycles. The van der Waals surface area contributed by atoms with Crippen molar-refractivity contribution in [3.63, 3.8) is 0 Å². The molecule has 1 fully saturated rings. The monoisotopic (exact) mass is 240 g/mol. The summed E-state index contributed by atoms with van der Waals surface area (Å²) >= 11 is 0. The SMILES string of the molecule is NCc1nnc(N(CCO)C2CCCCC2)o1. The molecule has 1 heterocycles. The maximum absolute atomic E-state index is 9.14. The second-order valence-electron chi connectivity index (χ2n) is 4.39. The fourth-order valence-electron chi connectivity index (χ4n) is 2.38. The number of nitrogens with zero attached hydrogens (tertiary/aromatic N) is 3. The Morgan fingerprint density at radius 1 is 1.29 bits per heavy atom. The zero-order chi connectivity index (χ0) is 12.1. The Kier molecular flexibility index (Phi) is 4.33. The number of nitrogens with two attached hydrogens (primary N) is 1. The largest absolute Gasteiger partial charge is 0.407 e. The maximum atomic E-state index is 9.14. The standard InChI is InChI=1S/C11H20N4O2/c12-8-10-13-14-11(17-10)15(6-7-16)9-4-2-1-3-5-9/h9,16H,1-8,12H2. The van der Waals surface area contributed by atoms with Crippen LogP contribution in [0, 0.1) is 0 Å². The fourth-order valence-corrected chi connectivity index (χ4v) is 2.38. The van der Waals surface area contributed by atoms with Crippen molar-refractivity contribution in [3.8, 4) is 0 Å². The normalized spacial score (nSPS) is 17.3. The van der Waals surface area contributed by atoms with Crippen LogP contribution in [0.15, 0.2) is 4.42 Å². The molecule has 0 saturated heterocycles. The lowest BCUT2D eigenvalue weighted by atomic mass is 9.94. The summed E-state index contributed by atoms with van der Waals surface area (Å²) in [4.78, 5) is 2.02. The number of anilines is 1. The molecule has 0 radical (unpaired) electrons. The van der Waals surface area contributed by atoms with Crippen LogP contribution in [0.2, 0.25) is 0 Å². The highest BCUT2D eigenvalue weighted by molar-refractivity contribution is 5.26. The van der Waals surface area contributed by atoms with E-state index in [0.717, 1.165) is 12.8 Å². The Bertz CT molecular complexity index is 336. The summed E-state index contributed by atoms with van der Waals surface area (Å²) in [7, 11) is 0. The number of aromatic nitrogens is 2. The smallest absolute Gasteiger partial charge is 0.318 e. The number of hydrogen-bond acceptors (Lipinski definition) is 6. The molecular weight excluding hydrogens is 220 g/mol. The summed E-state index contributed by atoms with van der Waals surface area (Å²) < 4.78 is 5.47. The summed E-state index contributed by atoms with van der Waals surface area (Å²) in [6.07, 6.45) is 6.00. The van der Waals surface area contributed by atoms with Gasteiger partial charge in [-0.3, -0.25) is 0 Å². The van der Waals surface area contributed by atoms with Crippen molar-refractivity contribution in [2.75, 3.05) is 18.1 Å². The van der Waals surface area contributed by atoms with E-state index in [4.69, 9.17) is 15.3 Å². The number of aliphatic hydroxyl groups is 1. The first-order valence-corrected chi connectivity index (χ1v) is 6.25. The van der Waals surface area contributed by atoms with Gasteiger partial charge in [0.25, 0.3) is 0 Å². The van der Waals surface area contributed by atoms with Gasteiger partial charge in [-0.05, 0) is 12.8 Å². The summed E-state index contributed by atoms with van der Waals surface area (Å²) in [5.41, 5.74) is 5.45. The molecule has 1 aromatic rings. The second-order valence-corrected chi connectivity index (χ2v) is 4.39. The van der Waals surface area contributed by atoms with Gasteiger partial charge in [0.05, 0.1) is 13.2 Å². The van der Waals surface area contributed by atoms with Crippen molar-refractivity contribution in [1.29, 1.82) is 0 Å². The third kappa shape index (κ3) is 2.95.